The molecule has 2 unspecified atom stereocenters. The Labute approximate surface area is 106 Å². The third-order valence-corrected chi connectivity index (χ3v) is 5.30. The summed E-state index contributed by atoms with van der Waals surface area (Å²) in [5.74, 6) is 0.932. The van der Waals surface area contributed by atoms with Gasteiger partial charge in [0.1, 0.15) is 0 Å². The van der Waals surface area contributed by atoms with E-state index in [0.29, 0.717) is 5.92 Å². The molecule has 2 atom stereocenters. The van der Waals surface area contributed by atoms with Gasteiger partial charge in [-0.05, 0) is 31.3 Å². The lowest BCUT2D eigenvalue weighted by molar-refractivity contribution is 0.327. The fraction of sp³-hybridized carbons (Fsp3) is 1.00. The average molecular weight is 262 g/mol. The molecule has 17 heavy (non-hydrogen) atoms. The maximum Gasteiger partial charge on any atom is 0.212 e. The number of sulfonamides is 1. The van der Waals surface area contributed by atoms with Crippen LogP contribution in [-0.2, 0) is 10.0 Å². The van der Waals surface area contributed by atoms with E-state index in [-0.39, 0.29) is 17.7 Å². The second-order valence-corrected chi connectivity index (χ2v) is 6.96. The number of piperidine rings is 1. The molecule has 0 aromatic heterocycles. The van der Waals surface area contributed by atoms with Crippen LogP contribution >= 0.6 is 0 Å². The smallest absolute Gasteiger partial charge is 0.212 e. The monoisotopic (exact) mass is 262 g/mol. The molecular weight excluding hydrogens is 236 g/mol. The first kappa shape index (κ1) is 14.9. The predicted molar refractivity (Wildman–Crippen MR) is 71.4 cm³/mol. The minimum absolute atomic E-state index is 0.107. The summed E-state index contributed by atoms with van der Waals surface area (Å²) >= 11 is 0. The Hall–Kier alpha value is -0.130. The van der Waals surface area contributed by atoms with Crippen molar-refractivity contribution in [2.24, 2.45) is 11.8 Å². The van der Waals surface area contributed by atoms with Crippen LogP contribution in [0, 0.1) is 11.8 Å². The van der Waals surface area contributed by atoms with Crippen LogP contribution in [0.3, 0.4) is 0 Å². The summed E-state index contributed by atoms with van der Waals surface area (Å²) in [5.41, 5.74) is 0. The molecule has 1 saturated heterocycles. The van der Waals surface area contributed by atoms with Crippen LogP contribution in [0.15, 0.2) is 0 Å². The van der Waals surface area contributed by atoms with Gasteiger partial charge in [0.25, 0.3) is 0 Å². The lowest BCUT2D eigenvalue weighted by Crippen LogP contribution is -2.49. The Morgan fingerprint density at radius 1 is 1.35 bits per heavy atom. The number of hydrogen-bond donors (Lipinski definition) is 2. The molecule has 0 aromatic carbocycles. The minimum atomic E-state index is -3.12. The summed E-state index contributed by atoms with van der Waals surface area (Å²) in [7, 11) is -3.12. The topological polar surface area (TPSA) is 58.2 Å². The molecule has 1 aliphatic heterocycles. The Morgan fingerprint density at radius 2 is 2.00 bits per heavy atom. The third-order valence-electron chi connectivity index (χ3n) is 3.73. The third kappa shape index (κ3) is 4.94. The van der Waals surface area contributed by atoms with Crippen LogP contribution in [0.5, 0.6) is 0 Å². The van der Waals surface area contributed by atoms with Gasteiger partial charge in [-0.15, -0.1) is 0 Å². The molecule has 0 aromatic rings. The maximum absolute atomic E-state index is 12.0. The van der Waals surface area contributed by atoms with Gasteiger partial charge < -0.3 is 5.32 Å². The fourth-order valence-electron chi connectivity index (χ4n) is 2.30. The fourth-order valence-corrected chi connectivity index (χ4v) is 4.30. The Morgan fingerprint density at radius 3 is 2.53 bits per heavy atom. The molecular formula is C12H26N2O2S. The van der Waals surface area contributed by atoms with Crippen LogP contribution in [0.25, 0.3) is 0 Å². The zero-order valence-corrected chi connectivity index (χ0v) is 12.0. The summed E-state index contributed by atoms with van der Waals surface area (Å²) in [4.78, 5) is 0. The summed E-state index contributed by atoms with van der Waals surface area (Å²) < 4.78 is 27.0. The molecule has 0 bridgehead atoms. The molecule has 0 aliphatic carbocycles. The van der Waals surface area contributed by atoms with Crippen molar-refractivity contribution < 1.29 is 8.42 Å². The Bertz CT molecular complexity index is 312. The Kier molecular flexibility index (Phi) is 5.89. The van der Waals surface area contributed by atoms with Crippen molar-refractivity contribution >= 4 is 10.0 Å². The van der Waals surface area contributed by atoms with Gasteiger partial charge in [0.2, 0.25) is 10.0 Å². The molecule has 1 aliphatic rings. The van der Waals surface area contributed by atoms with Gasteiger partial charge >= 0.3 is 0 Å². The van der Waals surface area contributed by atoms with Crippen LogP contribution in [0.2, 0.25) is 0 Å². The van der Waals surface area contributed by atoms with Gasteiger partial charge in [-0.3, -0.25) is 0 Å². The number of hydrogen-bond acceptors (Lipinski definition) is 3. The molecule has 0 amide bonds. The zero-order valence-electron chi connectivity index (χ0n) is 11.2. The molecule has 1 rings (SSSR count). The van der Waals surface area contributed by atoms with Gasteiger partial charge in [0.05, 0.1) is 5.75 Å². The van der Waals surface area contributed by atoms with Crippen molar-refractivity contribution in [3.05, 3.63) is 0 Å². The van der Waals surface area contributed by atoms with Crippen molar-refractivity contribution in [2.45, 2.75) is 46.1 Å². The number of nitrogens with one attached hydrogen (secondary N) is 2. The number of rotatable bonds is 6. The molecule has 1 heterocycles. The molecule has 0 radical (unpaired) electrons. The van der Waals surface area contributed by atoms with E-state index in [1.165, 1.54) is 0 Å². The zero-order chi connectivity index (χ0) is 12.9. The summed E-state index contributed by atoms with van der Waals surface area (Å²) in [5, 5.41) is 3.28. The van der Waals surface area contributed by atoms with Gasteiger partial charge in [-0.25, -0.2) is 13.1 Å². The van der Waals surface area contributed by atoms with E-state index in [1.807, 2.05) is 0 Å². The molecule has 2 N–H and O–H groups in total. The molecule has 0 saturated carbocycles. The summed E-state index contributed by atoms with van der Waals surface area (Å²) in [6.07, 6.45) is 2.75. The lowest BCUT2D eigenvalue weighted by atomic mass is 9.97. The second kappa shape index (κ2) is 6.71. The largest absolute Gasteiger partial charge is 0.316 e. The highest BCUT2D eigenvalue weighted by molar-refractivity contribution is 7.89. The standard InChI is InChI=1S/C12H26N2O2S/c1-4-11(5-2)9-17(15,16)14-12-6-7-13-8-10(12)3/h10-14H,4-9H2,1-3H3. The molecule has 1 fully saturated rings. The van der Waals surface area contributed by atoms with E-state index in [9.17, 15) is 8.42 Å². The van der Waals surface area contributed by atoms with Crippen LogP contribution in [0.4, 0.5) is 0 Å². The first-order chi connectivity index (χ1) is 7.98. The average Bonchev–Trinajstić information content (AvgIpc) is 2.29. The van der Waals surface area contributed by atoms with E-state index in [1.54, 1.807) is 0 Å². The highest BCUT2D eigenvalue weighted by Gasteiger charge is 2.26. The van der Waals surface area contributed by atoms with Gasteiger partial charge in [-0.1, -0.05) is 33.6 Å². The highest BCUT2D eigenvalue weighted by atomic mass is 32.2. The van der Waals surface area contributed by atoms with Crippen molar-refractivity contribution in [1.82, 2.24) is 10.0 Å². The molecule has 4 nitrogen and oxygen atoms in total. The van der Waals surface area contributed by atoms with Gasteiger partial charge in [0, 0.05) is 6.04 Å². The molecule has 102 valence electrons. The van der Waals surface area contributed by atoms with Crippen LogP contribution < -0.4 is 10.0 Å². The van der Waals surface area contributed by atoms with Crippen molar-refractivity contribution in [2.75, 3.05) is 18.8 Å². The summed E-state index contributed by atoms with van der Waals surface area (Å²) in [6.45, 7) is 8.00. The van der Waals surface area contributed by atoms with E-state index in [0.717, 1.165) is 32.4 Å². The van der Waals surface area contributed by atoms with Crippen molar-refractivity contribution in [1.29, 1.82) is 0 Å². The quantitative estimate of drug-likeness (QED) is 0.759. The highest BCUT2D eigenvalue weighted by Crippen LogP contribution is 2.14. The van der Waals surface area contributed by atoms with E-state index < -0.39 is 10.0 Å². The molecule has 0 spiro atoms. The van der Waals surface area contributed by atoms with E-state index >= 15 is 0 Å². The first-order valence-electron chi connectivity index (χ1n) is 6.69. The van der Waals surface area contributed by atoms with Gasteiger partial charge in [0.15, 0.2) is 0 Å². The predicted octanol–water partition coefficient (Wildman–Crippen LogP) is 1.34. The van der Waals surface area contributed by atoms with Gasteiger partial charge in [-0.2, -0.15) is 0 Å². The maximum atomic E-state index is 12.0. The minimum Gasteiger partial charge on any atom is -0.316 e. The SMILES string of the molecule is CCC(CC)CS(=O)(=O)NC1CCNCC1C. The van der Waals surface area contributed by atoms with Crippen molar-refractivity contribution in [3.8, 4) is 0 Å². The van der Waals surface area contributed by atoms with E-state index in [2.05, 4.69) is 30.8 Å². The Balaban J connectivity index is 2.53. The lowest BCUT2D eigenvalue weighted by Gasteiger charge is -2.30. The first-order valence-corrected chi connectivity index (χ1v) is 8.34. The van der Waals surface area contributed by atoms with Crippen LogP contribution in [-0.4, -0.2) is 33.3 Å². The van der Waals surface area contributed by atoms with Crippen LogP contribution in [0.1, 0.15) is 40.0 Å². The normalized spacial score (nSPS) is 26.4. The van der Waals surface area contributed by atoms with Crippen molar-refractivity contribution in [3.63, 3.8) is 0 Å². The second-order valence-electron chi connectivity index (χ2n) is 5.16. The molecule has 5 heteroatoms. The van der Waals surface area contributed by atoms with E-state index in [4.69, 9.17) is 0 Å². The summed E-state index contributed by atoms with van der Waals surface area (Å²) in [6, 6.07) is 0.107.